The summed E-state index contributed by atoms with van der Waals surface area (Å²) in [4.78, 5) is 14.1. The van der Waals surface area contributed by atoms with Crippen LogP contribution in [0.3, 0.4) is 0 Å². The first-order valence-electron chi connectivity index (χ1n) is 4.30. The van der Waals surface area contributed by atoms with Crippen molar-refractivity contribution >= 4 is 18.2 Å². The Hall–Kier alpha value is -1.10. The fourth-order valence-corrected chi connectivity index (χ4v) is 1.15. The molecule has 0 saturated heterocycles. The Morgan fingerprint density at radius 2 is 2.54 bits per heavy atom. The number of aromatic amines is 1. The first-order valence-corrected chi connectivity index (χ1v) is 4.70. The molecule has 0 bridgehead atoms. The molecule has 1 aromatic rings. The molecule has 0 aliphatic rings. The highest BCUT2D eigenvalue weighted by Crippen LogP contribution is 1.90. The molecule has 0 spiro atoms. The van der Waals surface area contributed by atoms with E-state index in [1.165, 1.54) is 4.57 Å². The van der Waals surface area contributed by atoms with Crippen LogP contribution in [0, 0.1) is 4.77 Å². The van der Waals surface area contributed by atoms with E-state index in [1.807, 2.05) is 0 Å². The molecule has 1 aromatic heterocycles. The summed E-state index contributed by atoms with van der Waals surface area (Å²) in [5.41, 5.74) is 0. The van der Waals surface area contributed by atoms with Gasteiger partial charge in [-0.25, -0.2) is 9.36 Å². The molecule has 2 N–H and O–H groups in total. The molecule has 0 aromatic carbocycles. The third-order valence-electron chi connectivity index (χ3n) is 1.67. The van der Waals surface area contributed by atoms with Crippen LogP contribution in [0.1, 0.15) is 19.8 Å². The standard InChI is InChI=1S/C8H13N3OS/c1-2-3-4-9-7(12)11-6-5-10-8(11)13/h5-6H,2-4H2,1H3,(H,9,12)(H,10,13). The molecule has 0 aliphatic heterocycles. The smallest absolute Gasteiger partial charge is 0.327 e. The lowest BCUT2D eigenvalue weighted by molar-refractivity contribution is 0.242. The van der Waals surface area contributed by atoms with Crippen LogP contribution < -0.4 is 5.32 Å². The van der Waals surface area contributed by atoms with Crippen LogP contribution in [0.25, 0.3) is 0 Å². The summed E-state index contributed by atoms with van der Waals surface area (Å²) in [5, 5.41) is 2.76. The van der Waals surface area contributed by atoms with Gasteiger partial charge in [0.2, 0.25) is 0 Å². The molecule has 0 atom stereocenters. The van der Waals surface area contributed by atoms with Crippen molar-refractivity contribution in [1.82, 2.24) is 14.9 Å². The van der Waals surface area contributed by atoms with E-state index in [0.717, 1.165) is 12.8 Å². The number of imidazole rings is 1. The normalized spacial score (nSPS) is 9.92. The Bertz CT molecular complexity index is 328. The molecule has 0 aliphatic carbocycles. The number of nitrogens with one attached hydrogen (secondary N) is 2. The molecule has 5 heteroatoms. The zero-order chi connectivity index (χ0) is 9.68. The fraction of sp³-hybridized carbons (Fsp3) is 0.500. The number of carbonyl (C=O) groups is 1. The molecule has 0 radical (unpaired) electrons. The van der Waals surface area contributed by atoms with Crippen LogP contribution in [-0.2, 0) is 0 Å². The summed E-state index contributed by atoms with van der Waals surface area (Å²) in [5.74, 6) is 0. The summed E-state index contributed by atoms with van der Waals surface area (Å²) in [6.07, 6.45) is 5.31. The van der Waals surface area contributed by atoms with Crippen molar-refractivity contribution < 1.29 is 4.79 Å². The van der Waals surface area contributed by atoms with Gasteiger partial charge in [-0.15, -0.1) is 0 Å². The summed E-state index contributed by atoms with van der Waals surface area (Å²) in [6.45, 7) is 2.77. The van der Waals surface area contributed by atoms with Crippen molar-refractivity contribution in [3.8, 4) is 0 Å². The first kappa shape index (κ1) is 9.98. The lowest BCUT2D eigenvalue weighted by Crippen LogP contribution is -2.28. The van der Waals surface area contributed by atoms with Crippen LogP contribution in [0.2, 0.25) is 0 Å². The Kier molecular flexibility index (Phi) is 3.70. The van der Waals surface area contributed by atoms with Gasteiger partial charge in [-0.3, -0.25) is 0 Å². The minimum absolute atomic E-state index is 0.167. The van der Waals surface area contributed by atoms with Gasteiger partial charge in [0.25, 0.3) is 0 Å². The second-order valence-electron chi connectivity index (χ2n) is 2.72. The van der Waals surface area contributed by atoms with E-state index in [9.17, 15) is 4.79 Å². The quantitative estimate of drug-likeness (QED) is 0.577. The van der Waals surface area contributed by atoms with Crippen LogP contribution in [0.5, 0.6) is 0 Å². The predicted molar refractivity (Wildman–Crippen MR) is 53.3 cm³/mol. The topological polar surface area (TPSA) is 49.8 Å². The molecule has 0 unspecified atom stereocenters. The number of hydrogen-bond acceptors (Lipinski definition) is 2. The molecular weight excluding hydrogens is 186 g/mol. The van der Waals surface area contributed by atoms with Gasteiger partial charge in [0.1, 0.15) is 0 Å². The Balaban J connectivity index is 2.50. The van der Waals surface area contributed by atoms with Gasteiger partial charge < -0.3 is 10.3 Å². The Morgan fingerprint density at radius 1 is 1.77 bits per heavy atom. The van der Waals surface area contributed by atoms with Crippen molar-refractivity contribution in [3.63, 3.8) is 0 Å². The van der Waals surface area contributed by atoms with E-state index in [2.05, 4.69) is 17.2 Å². The van der Waals surface area contributed by atoms with Crippen LogP contribution >= 0.6 is 12.2 Å². The highest BCUT2D eigenvalue weighted by molar-refractivity contribution is 7.71. The van der Waals surface area contributed by atoms with Crippen molar-refractivity contribution in [3.05, 3.63) is 17.2 Å². The molecule has 1 amide bonds. The lowest BCUT2D eigenvalue weighted by atomic mass is 10.3. The summed E-state index contributed by atoms with van der Waals surface area (Å²) in [7, 11) is 0. The number of aromatic nitrogens is 2. The maximum Gasteiger partial charge on any atom is 0.327 e. The molecular formula is C8H13N3OS. The van der Waals surface area contributed by atoms with E-state index < -0.39 is 0 Å². The van der Waals surface area contributed by atoms with Crippen molar-refractivity contribution in [2.45, 2.75) is 19.8 Å². The molecule has 0 saturated carbocycles. The van der Waals surface area contributed by atoms with Gasteiger partial charge in [0.15, 0.2) is 4.77 Å². The monoisotopic (exact) mass is 199 g/mol. The van der Waals surface area contributed by atoms with Gasteiger partial charge in [0.05, 0.1) is 0 Å². The van der Waals surface area contributed by atoms with Gasteiger partial charge in [-0.1, -0.05) is 13.3 Å². The van der Waals surface area contributed by atoms with E-state index in [0.29, 0.717) is 11.3 Å². The third kappa shape index (κ3) is 2.69. The molecule has 0 fully saturated rings. The number of unbranched alkanes of at least 4 members (excludes halogenated alkanes) is 1. The summed E-state index contributed by atoms with van der Waals surface area (Å²) >= 11 is 4.89. The predicted octanol–water partition coefficient (Wildman–Crippen LogP) is 1.90. The van der Waals surface area contributed by atoms with Crippen molar-refractivity contribution in [2.75, 3.05) is 6.54 Å². The van der Waals surface area contributed by atoms with Crippen LogP contribution in [-0.4, -0.2) is 22.1 Å². The average molecular weight is 199 g/mol. The lowest BCUT2D eigenvalue weighted by Gasteiger charge is -2.03. The minimum Gasteiger partial charge on any atom is -0.337 e. The molecule has 72 valence electrons. The molecule has 1 rings (SSSR count). The molecule has 13 heavy (non-hydrogen) atoms. The van der Waals surface area contributed by atoms with Gasteiger partial charge >= 0.3 is 6.03 Å². The maximum absolute atomic E-state index is 11.4. The highest BCUT2D eigenvalue weighted by atomic mass is 32.1. The summed E-state index contributed by atoms with van der Waals surface area (Å²) in [6, 6.07) is -0.167. The third-order valence-corrected chi connectivity index (χ3v) is 1.99. The number of nitrogens with zero attached hydrogens (tertiary/aromatic N) is 1. The van der Waals surface area contributed by atoms with E-state index >= 15 is 0 Å². The highest BCUT2D eigenvalue weighted by Gasteiger charge is 2.02. The van der Waals surface area contributed by atoms with Crippen LogP contribution in [0.4, 0.5) is 4.79 Å². The zero-order valence-electron chi connectivity index (χ0n) is 7.54. The van der Waals surface area contributed by atoms with Gasteiger partial charge in [-0.2, -0.15) is 0 Å². The number of amides is 1. The van der Waals surface area contributed by atoms with E-state index in [-0.39, 0.29) is 6.03 Å². The van der Waals surface area contributed by atoms with Crippen molar-refractivity contribution in [1.29, 1.82) is 0 Å². The van der Waals surface area contributed by atoms with Gasteiger partial charge in [-0.05, 0) is 18.6 Å². The molecule has 4 nitrogen and oxygen atoms in total. The fourth-order valence-electron chi connectivity index (χ4n) is 0.938. The van der Waals surface area contributed by atoms with Crippen LogP contribution in [0.15, 0.2) is 12.4 Å². The first-order chi connectivity index (χ1) is 6.25. The molecule has 1 heterocycles. The van der Waals surface area contributed by atoms with E-state index in [4.69, 9.17) is 12.2 Å². The largest absolute Gasteiger partial charge is 0.337 e. The minimum atomic E-state index is -0.167. The second-order valence-corrected chi connectivity index (χ2v) is 3.11. The number of hydrogen-bond donors (Lipinski definition) is 2. The maximum atomic E-state index is 11.4. The zero-order valence-corrected chi connectivity index (χ0v) is 8.36. The Labute approximate surface area is 82.0 Å². The van der Waals surface area contributed by atoms with Gasteiger partial charge in [0, 0.05) is 18.9 Å². The number of carbonyl (C=O) groups excluding carboxylic acids is 1. The number of rotatable bonds is 3. The van der Waals surface area contributed by atoms with Crippen molar-refractivity contribution in [2.24, 2.45) is 0 Å². The SMILES string of the molecule is CCCCNC(=O)n1cc[nH]c1=S. The second kappa shape index (κ2) is 4.81. The Morgan fingerprint density at radius 3 is 3.08 bits per heavy atom. The summed E-state index contributed by atoms with van der Waals surface area (Å²) < 4.78 is 1.80. The number of H-pyrrole nitrogens is 1. The average Bonchev–Trinajstić information content (AvgIpc) is 2.52. The van der Waals surface area contributed by atoms with E-state index in [1.54, 1.807) is 12.4 Å².